The predicted molar refractivity (Wildman–Crippen MR) is 88.4 cm³/mol. The Morgan fingerprint density at radius 1 is 1.48 bits per heavy atom. The average Bonchev–Trinajstić information content (AvgIpc) is 2.73. The molecule has 5 nitrogen and oxygen atoms in total. The highest BCUT2D eigenvalue weighted by molar-refractivity contribution is 7.18. The van der Waals surface area contributed by atoms with Crippen molar-refractivity contribution in [1.82, 2.24) is 10.6 Å². The van der Waals surface area contributed by atoms with Crippen molar-refractivity contribution < 1.29 is 4.79 Å². The number of amides is 1. The fourth-order valence-corrected chi connectivity index (χ4v) is 3.82. The summed E-state index contributed by atoms with van der Waals surface area (Å²) in [5.74, 6) is 0.879. The van der Waals surface area contributed by atoms with Gasteiger partial charge in [-0.1, -0.05) is 13.8 Å². The van der Waals surface area contributed by atoms with E-state index >= 15 is 0 Å². The number of anilines is 1. The highest BCUT2D eigenvalue weighted by atomic mass is 32.1. The molecule has 0 bridgehead atoms. The van der Waals surface area contributed by atoms with E-state index in [2.05, 4.69) is 29.0 Å². The molecule has 116 valence electrons. The molecule has 0 saturated carbocycles. The molecule has 21 heavy (non-hydrogen) atoms. The molecule has 2 heterocycles. The second-order valence-corrected chi connectivity index (χ2v) is 6.52. The molecule has 5 N–H and O–H groups in total. The van der Waals surface area contributed by atoms with Gasteiger partial charge in [-0.2, -0.15) is 0 Å². The second kappa shape index (κ2) is 6.07. The summed E-state index contributed by atoms with van der Waals surface area (Å²) in [6.45, 7) is 8.69. The van der Waals surface area contributed by atoms with Crippen LogP contribution in [0, 0.1) is 6.92 Å². The zero-order chi connectivity index (χ0) is 15.6. The summed E-state index contributed by atoms with van der Waals surface area (Å²) >= 11 is 1.47. The van der Waals surface area contributed by atoms with E-state index in [0.717, 1.165) is 39.7 Å². The van der Waals surface area contributed by atoms with Crippen molar-refractivity contribution in [3.63, 3.8) is 0 Å². The molecular formula is C15H24N4OS. The molecule has 1 aromatic heterocycles. The van der Waals surface area contributed by atoms with Crippen molar-refractivity contribution in [2.75, 3.05) is 11.9 Å². The van der Waals surface area contributed by atoms with Gasteiger partial charge < -0.3 is 21.7 Å². The van der Waals surface area contributed by atoms with Crippen LogP contribution in [0.5, 0.6) is 0 Å². The zero-order valence-corrected chi connectivity index (χ0v) is 13.9. The van der Waals surface area contributed by atoms with Gasteiger partial charge in [-0.05, 0) is 38.3 Å². The highest BCUT2D eigenvalue weighted by Gasteiger charge is 2.35. The number of carbonyl (C=O) groups is 1. The van der Waals surface area contributed by atoms with Crippen molar-refractivity contribution >= 4 is 22.2 Å². The Bertz CT molecular complexity index is 574. The third-order valence-corrected chi connectivity index (χ3v) is 4.66. The highest BCUT2D eigenvalue weighted by Crippen LogP contribution is 2.41. The van der Waals surface area contributed by atoms with Gasteiger partial charge in [0.05, 0.1) is 4.88 Å². The van der Waals surface area contributed by atoms with Crippen molar-refractivity contribution in [1.29, 1.82) is 0 Å². The van der Waals surface area contributed by atoms with Gasteiger partial charge in [0.25, 0.3) is 5.91 Å². The standard InChI is InChI=1S/C15H24N4OS/c1-5-7-10-18-14-11(15(4,16)19-10)9(3)12(21-14)13(20)17-8-6-2/h7,18-19H,5-6,8,16H2,1-4H3,(H,17,20)/t15-/m0/s1. The first-order chi connectivity index (χ1) is 9.90. The molecule has 1 aliphatic rings. The van der Waals surface area contributed by atoms with Crippen LogP contribution < -0.4 is 21.7 Å². The van der Waals surface area contributed by atoms with Crippen molar-refractivity contribution in [2.24, 2.45) is 5.73 Å². The first kappa shape index (κ1) is 15.9. The summed E-state index contributed by atoms with van der Waals surface area (Å²) in [5.41, 5.74) is 7.66. The molecule has 1 amide bonds. The van der Waals surface area contributed by atoms with E-state index in [1.54, 1.807) is 0 Å². The minimum absolute atomic E-state index is 0.0210. The molecule has 1 atom stereocenters. The van der Waals surface area contributed by atoms with Crippen molar-refractivity contribution in [3.05, 3.63) is 27.9 Å². The Kier molecular flexibility index (Phi) is 4.58. The molecule has 0 radical (unpaired) electrons. The maximum absolute atomic E-state index is 12.3. The number of nitrogens with two attached hydrogens (primary N) is 1. The van der Waals surface area contributed by atoms with E-state index in [1.165, 1.54) is 11.3 Å². The summed E-state index contributed by atoms with van der Waals surface area (Å²) in [5, 5.41) is 10.5. The topological polar surface area (TPSA) is 79.2 Å². The van der Waals surface area contributed by atoms with Crippen molar-refractivity contribution in [2.45, 2.75) is 46.2 Å². The van der Waals surface area contributed by atoms with E-state index in [9.17, 15) is 4.79 Å². The third kappa shape index (κ3) is 3.06. The summed E-state index contributed by atoms with van der Waals surface area (Å²) in [6, 6.07) is 0. The Morgan fingerprint density at radius 3 is 2.81 bits per heavy atom. The molecular weight excluding hydrogens is 284 g/mol. The SMILES string of the molecule is CCC=C1Nc2sc(C(=O)NCCC)c(C)c2[C@@](C)(N)N1. The van der Waals surface area contributed by atoms with Gasteiger partial charge in [-0.3, -0.25) is 4.79 Å². The molecule has 6 heteroatoms. The van der Waals surface area contributed by atoms with Gasteiger partial charge >= 0.3 is 0 Å². The van der Waals surface area contributed by atoms with Gasteiger partial charge in [0.15, 0.2) is 0 Å². The van der Waals surface area contributed by atoms with Crippen molar-refractivity contribution in [3.8, 4) is 0 Å². The number of hydrogen-bond donors (Lipinski definition) is 4. The van der Waals surface area contributed by atoms with Gasteiger partial charge in [0.1, 0.15) is 16.5 Å². The monoisotopic (exact) mass is 308 g/mol. The smallest absolute Gasteiger partial charge is 0.261 e. The zero-order valence-electron chi connectivity index (χ0n) is 13.1. The number of rotatable bonds is 4. The molecule has 0 fully saturated rings. The van der Waals surface area contributed by atoms with Crippen LogP contribution in [0.15, 0.2) is 11.9 Å². The van der Waals surface area contributed by atoms with Gasteiger partial charge in [-0.25, -0.2) is 0 Å². The van der Waals surface area contributed by atoms with E-state index < -0.39 is 5.66 Å². The predicted octanol–water partition coefficient (Wildman–Crippen LogP) is 2.59. The lowest BCUT2D eigenvalue weighted by Gasteiger charge is -2.35. The molecule has 1 aliphatic heterocycles. The number of thiophene rings is 1. The Hall–Kier alpha value is -1.53. The fourth-order valence-electron chi connectivity index (χ4n) is 2.56. The van der Waals surface area contributed by atoms with Crippen LogP contribution in [0.25, 0.3) is 0 Å². The fraction of sp³-hybridized carbons (Fsp3) is 0.533. The largest absolute Gasteiger partial charge is 0.351 e. The van der Waals surface area contributed by atoms with E-state index in [-0.39, 0.29) is 5.91 Å². The van der Waals surface area contributed by atoms with Crippen LogP contribution in [0.4, 0.5) is 5.00 Å². The number of nitrogens with one attached hydrogen (secondary N) is 3. The first-order valence-electron chi connectivity index (χ1n) is 7.37. The third-order valence-electron chi connectivity index (χ3n) is 3.46. The van der Waals surface area contributed by atoms with E-state index in [0.29, 0.717) is 6.54 Å². The molecule has 0 aliphatic carbocycles. The number of carbonyl (C=O) groups excluding carboxylic acids is 1. The number of hydrogen-bond acceptors (Lipinski definition) is 5. The Morgan fingerprint density at radius 2 is 2.19 bits per heavy atom. The van der Waals surface area contributed by atoms with Gasteiger partial charge in [0, 0.05) is 12.1 Å². The van der Waals surface area contributed by atoms with Crippen LogP contribution in [-0.2, 0) is 5.66 Å². The summed E-state index contributed by atoms with van der Waals surface area (Å²) in [7, 11) is 0. The number of allylic oxidation sites excluding steroid dienone is 1. The van der Waals surface area contributed by atoms with Crippen LogP contribution in [0.1, 0.15) is 54.4 Å². The maximum atomic E-state index is 12.3. The van der Waals surface area contributed by atoms with Crippen LogP contribution >= 0.6 is 11.3 Å². The summed E-state index contributed by atoms with van der Waals surface area (Å²) in [6.07, 6.45) is 3.89. The molecule has 0 spiro atoms. The van der Waals surface area contributed by atoms with E-state index in [4.69, 9.17) is 5.73 Å². The Labute approximate surface area is 130 Å². The molecule has 0 unspecified atom stereocenters. The molecule has 1 aromatic rings. The quantitative estimate of drug-likeness (QED) is 0.689. The molecule has 0 saturated heterocycles. The first-order valence-corrected chi connectivity index (χ1v) is 8.18. The molecule has 2 rings (SSSR count). The van der Waals surface area contributed by atoms with Crippen LogP contribution in [0.3, 0.4) is 0 Å². The minimum atomic E-state index is -0.675. The molecule has 0 aromatic carbocycles. The van der Waals surface area contributed by atoms with Crippen LogP contribution in [-0.4, -0.2) is 12.5 Å². The lowest BCUT2D eigenvalue weighted by molar-refractivity contribution is 0.0957. The Balaban J connectivity index is 2.40. The summed E-state index contributed by atoms with van der Waals surface area (Å²) in [4.78, 5) is 13.0. The second-order valence-electron chi connectivity index (χ2n) is 5.49. The van der Waals surface area contributed by atoms with Crippen LogP contribution in [0.2, 0.25) is 0 Å². The van der Waals surface area contributed by atoms with E-state index in [1.807, 2.05) is 20.8 Å². The van der Waals surface area contributed by atoms with Gasteiger partial charge in [-0.15, -0.1) is 11.3 Å². The normalized spacial score (nSPS) is 22.4. The van der Waals surface area contributed by atoms with Gasteiger partial charge in [0.2, 0.25) is 0 Å². The average molecular weight is 308 g/mol. The summed E-state index contributed by atoms with van der Waals surface area (Å²) < 4.78 is 0. The lowest BCUT2D eigenvalue weighted by Crippen LogP contribution is -2.51. The maximum Gasteiger partial charge on any atom is 0.261 e. The number of fused-ring (bicyclic) bond motifs is 1. The minimum Gasteiger partial charge on any atom is -0.351 e. The lowest BCUT2D eigenvalue weighted by atomic mass is 9.97.